The Morgan fingerprint density at radius 2 is 2.00 bits per heavy atom. The SMILES string of the molecule is CC(C)n1ncc(Cl)c1C(NN)c1ccc(F)c(F)c1. The van der Waals surface area contributed by atoms with Crippen LogP contribution >= 0.6 is 11.6 Å². The van der Waals surface area contributed by atoms with Crippen LogP contribution in [-0.2, 0) is 0 Å². The molecule has 2 rings (SSSR count). The van der Waals surface area contributed by atoms with Crippen molar-refractivity contribution in [3.05, 3.63) is 52.3 Å². The van der Waals surface area contributed by atoms with E-state index in [1.807, 2.05) is 13.8 Å². The Bertz CT molecular complexity index is 612. The van der Waals surface area contributed by atoms with Crippen LogP contribution in [0.2, 0.25) is 5.02 Å². The van der Waals surface area contributed by atoms with E-state index >= 15 is 0 Å². The lowest BCUT2D eigenvalue weighted by Crippen LogP contribution is -2.31. The molecule has 0 aliphatic rings. The van der Waals surface area contributed by atoms with Crippen molar-refractivity contribution in [1.29, 1.82) is 0 Å². The van der Waals surface area contributed by atoms with E-state index in [0.717, 1.165) is 12.1 Å². The molecule has 0 bridgehead atoms. The van der Waals surface area contributed by atoms with Crippen molar-refractivity contribution in [3.8, 4) is 0 Å². The minimum Gasteiger partial charge on any atom is -0.271 e. The van der Waals surface area contributed by atoms with Crippen LogP contribution in [0.15, 0.2) is 24.4 Å². The molecule has 108 valence electrons. The Labute approximate surface area is 120 Å². The van der Waals surface area contributed by atoms with Gasteiger partial charge in [0.05, 0.1) is 23.0 Å². The van der Waals surface area contributed by atoms with Crippen molar-refractivity contribution in [3.63, 3.8) is 0 Å². The molecular weight excluding hydrogens is 286 g/mol. The molecule has 2 aromatic rings. The van der Waals surface area contributed by atoms with E-state index in [1.54, 1.807) is 4.68 Å². The summed E-state index contributed by atoms with van der Waals surface area (Å²) in [5.41, 5.74) is 3.64. The fraction of sp³-hybridized carbons (Fsp3) is 0.308. The molecule has 0 spiro atoms. The molecular formula is C13H15ClF2N4. The van der Waals surface area contributed by atoms with Crippen LogP contribution in [0.25, 0.3) is 0 Å². The molecule has 20 heavy (non-hydrogen) atoms. The summed E-state index contributed by atoms with van der Waals surface area (Å²) in [5.74, 6) is 3.71. The second kappa shape index (κ2) is 5.87. The second-order valence-corrected chi connectivity index (χ2v) is 5.10. The van der Waals surface area contributed by atoms with Crippen LogP contribution in [0.1, 0.15) is 37.2 Å². The topological polar surface area (TPSA) is 55.9 Å². The van der Waals surface area contributed by atoms with Gasteiger partial charge in [-0.1, -0.05) is 17.7 Å². The number of nitrogens with one attached hydrogen (secondary N) is 1. The van der Waals surface area contributed by atoms with Crippen molar-refractivity contribution >= 4 is 11.6 Å². The van der Waals surface area contributed by atoms with Gasteiger partial charge in [-0.05, 0) is 31.5 Å². The molecule has 1 aromatic carbocycles. The average molecular weight is 301 g/mol. The minimum absolute atomic E-state index is 0.0543. The molecule has 0 saturated carbocycles. The van der Waals surface area contributed by atoms with Crippen molar-refractivity contribution in [2.75, 3.05) is 0 Å². The third kappa shape index (κ3) is 2.67. The van der Waals surface area contributed by atoms with Gasteiger partial charge in [-0.15, -0.1) is 0 Å². The number of aromatic nitrogens is 2. The first kappa shape index (κ1) is 14.9. The molecule has 0 fully saturated rings. The minimum atomic E-state index is -0.936. The number of benzene rings is 1. The molecule has 0 amide bonds. The summed E-state index contributed by atoms with van der Waals surface area (Å²) in [6.07, 6.45) is 1.50. The summed E-state index contributed by atoms with van der Waals surface area (Å²) in [5, 5.41) is 4.58. The third-order valence-electron chi connectivity index (χ3n) is 2.99. The Hall–Kier alpha value is -1.50. The van der Waals surface area contributed by atoms with Crippen LogP contribution < -0.4 is 11.3 Å². The van der Waals surface area contributed by atoms with Crippen LogP contribution in [0.3, 0.4) is 0 Å². The number of nitrogens with zero attached hydrogens (tertiary/aromatic N) is 2. The molecule has 0 radical (unpaired) electrons. The highest BCUT2D eigenvalue weighted by atomic mass is 35.5. The van der Waals surface area contributed by atoms with Gasteiger partial charge in [-0.3, -0.25) is 10.5 Å². The Morgan fingerprint density at radius 3 is 2.55 bits per heavy atom. The van der Waals surface area contributed by atoms with Crippen LogP contribution in [0.4, 0.5) is 8.78 Å². The van der Waals surface area contributed by atoms with Gasteiger partial charge in [-0.2, -0.15) is 5.10 Å². The zero-order valence-corrected chi connectivity index (χ0v) is 11.8. The number of nitrogens with two attached hydrogens (primary N) is 1. The van der Waals surface area contributed by atoms with Gasteiger partial charge in [-0.25, -0.2) is 14.2 Å². The Morgan fingerprint density at radius 1 is 1.30 bits per heavy atom. The lowest BCUT2D eigenvalue weighted by molar-refractivity contribution is 0.471. The molecule has 1 unspecified atom stereocenters. The summed E-state index contributed by atoms with van der Waals surface area (Å²) in [6, 6.07) is 3.07. The summed E-state index contributed by atoms with van der Waals surface area (Å²) in [6.45, 7) is 3.87. The zero-order valence-electron chi connectivity index (χ0n) is 11.1. The highest BCUT2D eigenvalue weighted by Crippen LogP contribution is 2.30. The second-order valence-electron chi connectivity index (χ2n) is 4.69. The number of hydrogen-bond donors (Lipinski definition) is 2. The molecule has 0 aliphatic heterocycles. The Kier molecular flexibility index (Phi) is 4.37. The van der Waals surface area contributed by atoms with Gasteiger partial charge in [0.25, 0.3) is 0 Å². The van der Waals surface area contributed by atoms with Crippen LogP contribution in [0.5, 0.6) is 0 Å². The first-order valence-corrected chi connectivity index (χ1v) is 6.47. The maximum atomic E-state index is 13.4. The van der Waals surface area contributed by atoms with Crippen molar-refractivity contribution in [2.45, 2.75) is 25.9 Å². The first-order chi connectivity index (χ1) is 9.45. The van der Waals surface area contributed by atoms with Gasteiger partial charge in [0, 0.05) is 6.04 Å². The van der Waals surface area contributed by atoms with E-state index in [4.69, 9.17) is 17.4 Å². The van der Waals surface area contributed by atoms with Crippen molar-refractivity contribution in [2.24, 2.45) is 5.84 Å². The van der Waals surface area contributed by atoms with Gasteiger partial charge in [0.1, 0.15) is 0 Å². The normalized spacial score (nSPS) is 12.9. The summed E-state index contributed by atoms with van der Waals surface area (Å²) in [7, 11) is 0. The largest absolute Gasteiger partial charge is 0.271 e. The lowest BCUT2D eigenvalue weighted by atomic mass is 10.0. The monoisotopic (exact) mass is 300 g/mol. The highest BCUT2D eigenvalue weighted by Gasteiger charge is 2.23. The fourth-order valence-electron chi connectivity index (χ4n) is 2.06. The summed E-state index contributed by atoms with van der Waals surface area (Å²) >= 11 is 6.14. The standard InChI is InChI=1S/C13H15ClF2N4/c1-7(2)20-13(9(14)6-18-20)12(19-17)8-3-4-10(15)11(16)5-8/h3-7,12,19H,17H2,1-2H3. The smallest absolute Gasteiger partial charge is 0.159 e. The van der Waals surface area contributed by atoms with E-state index in [-0.39, 0.29) is 6.04 Å². The van der Waals surface area contributed by atoms with Crippen molar-refractivity contribution < 1.29 is 8.78 Å². The van der Waals surface area contributed by atoms with Gasteiger partial charge in [0.2, 0.25) is 0 Å². The zero-order chi connectivity index (χ0) is 14.9. The summed E-state index contributed by atoms with van der Waals surface area (Å²) < 4.78 is 28.1. The third-order valence-corrected chi connectivity index (χ3v) is 3.28. The van der Waals surface area contributed by atoms with E-state index in [9.17, 15) is 8.78 Å². The van der Waals surface area contributed by atoms with Crippen LogP contribution in [0, 0.1) is 11.6 Å². The number of halogens is 3. The Balaban J connectivity index is 2.52. The van der Waals surface area contributed by atoms with E-state index in [1.165, 1.54) is 12.3 Å². The van der Waals surface area contributed by atoms with Crippen molar-refractivity contribution in [1.82, 2.24) is 15.2 Å². The molecule has 0 saturated heterocycles. The molecule has 7 heteroatoms. The van der Waals surface area contributed by atoms with Gasteiger partial charge in [0.15, 0.2) is 11.6 Å². The molecule has 1 atom stereocenters. The molecule has 3 N–H and O–H groups in total. The predicted octanol–water partition coefficient (Wildman–Crippen LogP) is 2.95. The van der Waals surface area contributed by atoms with E-state index in [0.29, 0.717) is 16.3 Å². The molecule has 4 nitrogen and oxygen atoms in total. The highest BCUT2D eigenvalue weighted by molar-refractivity contribution is 6.31. The quantitative estimate of drug-likeness (QED) is 0.674. The molecule has 0 aliphatic carbocycles. The first-order valence-electron chi connectivity index (χ1n) is 6.09. The number of hydrogen-bond acceptors (Lipinski definition) is 3. The fourth-order valence-corrected chi connectivity index (χ4v) is 2.30. The van der Waals surface area contributed by atoms with Gasteiger partial charge < -0.3 is 0 Å². The average Bonchev–Trinajstić information content (AvgIpc) is 2.77. The maximum absolute atomic E-state index is 13.4. The lowest BCUT2D eigenvalue weighted by Gasteiger charge is -2.20. The number of rotatable bonds is 4. The summed E-state index contributed by atoms with van der Waals surface area (Å²) in [4.78, 5) is 0. The van der Waals surface area contributed by atoms with Gasteiger partial charge >= 0.3 is 0 Å². The maximum Gasteiger partial charge on any atom is 0.159 e. The molecule has 1 aromatic heterocycles. The number of hydrazine groups is 1. The predicted molar refractivity (Wildman–Crippen MR) is 73.1 cm³/mol. The van der Waals surface area contributed by atoms with E-state index < -0.39 is 17.7 Å². The molecule has 1 heterocycles. The van der Waals surface area contributed by atoms with E-state index in [2.05, 4.69) is 10.5 Å². The van der Waals surface area contributed by atoms with Crippen LogP contribution in [-0.4, -0.2) is 9.78 Å².